The van der Waals surface area contributed by atoms with Gasteiger partial charge in [-0.05, 0) is 61.6 Å². The normalized spacial score (nSPS) is 15.0. The zero-order valence-electron chi connectivity index (χ0n) is 33.5. The Morgan fingerprint density at radius 1 is 0.724 bits per heavy atom. The average Bonchev–Trinajstić information content (AvgIpc) is 3.95. The molecule has 0 radical (unpaired) electrons. The smallest absolute Gasteiger partial charge is 0.253 e. The number of hydrogen-bond acceptors (Lipinski definition) is 10. The molecule has 2 fully saturated rings. The number of fused-ring (bicyclic) bond motifs is 1. The highest BCUT2D eigenvalue weighted by Gasteiger charge is 2.28. The fourth-order valence-corrected chi connectivity index (χ4v) is 7.98. The third-order valence-electron chi connectivity index (χ3n) is 11.4. The highest BCUT2D eigenvalue weighted by atomic mass is 16.2. The summed E-state index contributed by atoms with van der Waals surface area (Å²) < 4.78 is 3.75. The number of anilines is 2. The number of nitrogens with zero attached hydrogens (tertiary/aromatic N) is 12. The van der Waals surface area contributed by atoms with Gasteiger partial charge in [-0.2, -0.15) is 0 Å². The summed E-state index contributed by atoms with van der Waals surface area (Å²) in [6.07, 6.45) is 9.89. The highest BCUT2D eigenvalue weighted by Crippen LogP contribution is 2.28. The van der Waals surface area contributed by atoms with Gasteiger partial charge in [0.15, 0.2) is 17.0 Å². The molecule has 3 aromatic carbocycles. The fraction of sp³-hybridized carbons (Fsp3) is 0.409. The molecule has 0 aliphatic carbocycles. The molecule has 0 atom stereocenters. The Kier molecular flexibility index (Phi) is 12.0. The number of hydrogen-bond donors (Lipinski definition) is 0. The Labute approximate surface area is 339 Å². The standard InChI is InChI=1S/C44H52N12O2/c1-3-5-21-51(22-6-4-2)37-17-15-34(16-18-37)39-31-55(49-47-39)38-19-23-53(24-20-38)43(57)35-13-10-14-36(29-35)44(58)54-27-25-52(26-28-54)41-40-42(46-32-45-41)56(50-48-40)30-33-11-8-7-9-12-33/h7-18,29,31-32,38H,3-6,19-28,30H2,1-2H3. The molecule has 2 aliphatic heterocycles. The lowest BCUT2D eigenvalue weighted by molar-refractivity contribution is 0.0689. The maximum absolute atomic E-state index is 13.7. The minimum Gasteiger partial charge on any atom is -0.372 e. The molecule has 3 aromatic heterocycles. The van der Waals surface area contributed by atoms with Gasteiger partial charge < -0.3 is 19.6 Å². The number of amides is 2. The van der Waals surface area contributed by atoms with Gasteiger partial charge in [-0.25, -0.2) is 19.3 Å². The van der Waals surface area contributed by atoms with Crippen LogP contribution in [0.25, 0.3) is 22.4 Å². The molecule has 0 unspecified atom stereocenters. The van der Waals surface area contributed by atoms with Crippen LogP contribution in [0.3, 0.4) is 0 Å². The summed E-state index contributed by atoms with van der Waals surface area (Å²) in [5.74, 6) is 0.572. The molecule has 0 N–H and O–H groups in total. The van der Waals surface area contributed by atoms with E-state index >= 15 is 0 Å². The first kappa shape index (κ1) is 38.7. The lowest BCUT2D eigenvalue weighted by atomic mass is 10.0. The maximum atomic E-state index is 13.7. The van der Waals surface area contributed by atoms with Gasteiger partial charge in [0.1, 0.15) is 12.0 Å². The Bertz CT molecular complexity index is 2280. The van der Waals surface area contributed by atoms with Gasteiger partial charge in [0.2, 0.25) is 0 Å². The lowest BCUT2D eigenvalue weighted by Gasteiger charge is -2.35. The van der Waals surface area contributed by atoms with Crippen LogP contribution in [-0.2, 0) is 6.54 Å². The van der Waals surface area contributed by atoms with Gasteiger partial charge in [0.25, 0.3) is 11.8 Å². The second-order valence-corrected chi connectivity index (χ2v) is 15.3. The quantitative estimate of drug-likeness (QED) is 0.123. The molecule has 6 aromatic rings. The van der Waals surface area contributed by atoms with Gasteiger partial charge in [-0.15, -0.1) is 10.2 Å². The van der Waals surface area contributed by atoms with Crippen LogP contribution in [0.4, 0.5) is 11.5 Å². The summed E-state index contributed by atoms with van der Waals surface area (Å²) >= 11 is 0. The molecule has 0 spiro atoms. The van der Waals surface area contributed by atoms with E-state index in [4.69, 9.17) is 0 Å². The molecular weight excluding hydrogens is 729 g/mol. The average molecular weight is 781 g/mol. The Morgan fingerprint density at radius 2 is 1.40 bits per heavy atom. The van der Waals surface area contributed by atoms with Gasteiger partial charge >= 0.3 is 0 Å². The van der Waals surface area contributed by atoms with E-state index in [1.807, 2.05) is 51.0 Å². The Balaban J connectivity index is 0.842. The number of unbranched alkanes of at least 4 members (excludes halogenated alkanes) is 2. The van der Waals surface area contributed by atoms with Crippen molar-refractivity contribution in [2.75, 3.05) is 62.2 Å². The number of carbonyl (C=O) groups is 2. The van der Waals surface area contributed by atoms with E-state index < -0.39 is 0 Å². The minimum absolute atomic E-state index is 0.0581. The van der Waals surface area contributed by atoms with Crippen LogP contribution < -0.4 is 9.80 Å². The zero-order chi connectivity index (χ0) is 39.8. The first-order valence-electron chi connectivity index (χ1n) is 20.8. The van der Waals surface area contributed by atoms with Crippen molar-refractivity contribution in [3.63, 3.8) is 0 Å². The second-order valence-electron chi connectivity index (χ2n) is 15.3. The van der Waals surface area contributed by atoms with Crippen LogP contribution in [0.15, 0.2) is 91.4 Å². The van der Waals surface area contributed by atoms with Crippen molar-refractivity contribution < 1.29 is 9.59 Å². The van der Waals surface area contributed by atoms with Crippen LogP contribution in [0.5, 0.6) is 0 Å². The summed E-state index contributed by atoms with van der Waals surface area (Å²) in [6, 6.07) is 26.1. The minimum atomic E-state index is -0.0865. The number of rotatable bonds is 14. The molecule has 0 saturated carbocycles. The van der Waals surface area contributed by atoms with E-state index in [1.54, 1.807) is 35.3 Å². The molecule has 2 aliphatic rings. The van der Waals surface area contributed by atoms with E-state index in [1.165, 1.54) is 31.4 Å². The van der Waals surface area contributed by atoms with Crippen LogP contribution in [0, 0.1) is 0 Å². The summed E-state index contributed by atoms with van der Waals surface area (Å²) in [5, 5.41) is 17.8. The number of aromatic nitrogens is 8. The van der Waals surface area contributed by atoms with E-state index in [9.17, 15) is 9.59 Å². The van der Waals surface area contributed by atoms with Crippen molar-refractivity contribution in [2.24, 2.45) is 0 Å². The maximum Gasteiger partial charge on any atom is 0.253 e. The summed E-state index contributed by atoms with van der Waals surface area (Å²) in [6.45, 7) is 10.6. The first-order chi connectivity index (χ1) is 28.5. The Morgan fingerprint density at radius 3 is 2.07 bits per heavy atom. The number of benzene rings is 3. The highest BCUT2D eigenvalue weighted by molar-refractivity contribution is 6.00. The van der Waals surface area contributed by atoms with Crippen molar-refractivity contribution in [3.05, 3.63) is 108 Å². The monoisotopic (exact) mass is 780 g/mol. The lowest BCUT2D eigenvalue weighted by Crippen LogP contribution is -2.49. The summed E-state index contributed by atoms with van der Waals surface area (Å²) in [7, 11) is 0. The molecule has 8 rings (SSSR count). The van der Waals surface area contributed by atoms with Gasteiger partial charge in [-0.1, -0.05) is 85.6 Å². The van der Waals surface area contributed by atoms with Crippen molar-refractivity contribution in [1.29, 1.82) is 0 Å². The topological polar surface area (TPSA) is 134 Å². The number of likely N-dealkylation sites (tertiary alicyclic amines) is 1. The van der Waals surface area contributed by atoms with Crippen LogP contribution in [0.1, 0.15) is 84.7 Å². The fourth-order valence-electron chi connectivity index (χ4n) is 7.98. The van der Waals surface area contributed by atoms with Gasteiger partial charge in [0.05, 0.1) is 18.8 Å². The Hall–Kier alpha value is -6.18. The number of carbonyl (C=O) groups excluding carboxylic acids is 2. The molecule has 2 amide bonds. The predicted molar refractivity (Wildman–Crippen MR) is 225 cm³/mol. The molecule has 300 valence electrons. The molecular formula is C44H52N12O2. The van der Waals surface area contributed by atoms with E-state index in [0.29, 0.717) is 73.9 Å². The first-order valence-corrected chi connectivity index (χ1v) is 20.8. The van der Waals surface area contributed by atoms with Gasteiger partial charge in [0, 0.05) is 74.7 Å². The largest absolute Gasteiger partial charge is 0.372 e. The van der Waals surface area contributed by atoms with E-state index in [0.717, 1.165) is 42.8 Å². The molecule has 14 heteroatoms. The van der Waals surface area contributed by atoms with Crippen LogP contribution in [0.2, 0.25) is 0 Å². The molecule has 14 nitrogen and oxygen atoms in total. The van der Waals surface area contributed by atoms with Gasteiger partial charge in [-0.3, -0.25) is 9.59 Å². The molecule has 0 bridgehead atoms. The SMILES string of the molecule is CCCCN(CCCC)c1ccc(-c2cn(C3CCN(C(=O)c4cccc(C(=O)N5CCN(c6ncnc7c6nnn7Cc6ccccc6)CC5)c4)CC3)nn2)cc1. The molecule has 5 heterocycles. The van der Waals surface area contributed by atoms with Crippen molar-refractivity contribution in [2.45, 2.75) is 65.0 Å². The van der Waals surface area contributed by atoms with Crippen LogP contribution in [-0.4, -0.2) is 114 Å². The van der Waals surface area contributed by atoms with E-state index in [2.05, 4.69) is 78.5 Å². The third kappa shape index (κ3) is 8.55. The second kappa shape index (κ2) is 18.0. The summed E-state index contributed by atoms with van der Waals surface area (Å²) in [4.78, 5) is 44.8. The number of piperazine rings is 1. The van der Waals surface area contributed by atoms with Crippen molar-refractivity contribution in [3.8, 4) is 11.3 Å². The van der Waals surface area contributed by atoms with Crippen molar-refractivity contribution in [1.82, 2.24) is 49.8 Å². The number of piperidine rings is 1. The van der Waals surface area contributed by atoms with Crippen molar-refractivity contribution >= 4 is 34.5 Å². The summed E-state index contributed by atoms with van der Waals surface area (Å²) in [5.41, 5.74) is 6.64. The van der Waals surface area contributed by atoms with E-state index in [-0.39, 0.29) is 17.9 Å². The third-order valence-corrected chi connectivity index (χ3v) is 11.4. The molecule has 58 heavy (non-hydrogen) atoms. The zero-order valence-corrected chi connectivity index (χ0v) is 33.5. The van der Waals surface area contributed by atoms with Crippen LogP contribution >= 0.6 is 0 Å². The molecule has 2 saturated heterocycles. The predicted octanol–water partition coefficient (Wildman–Crippen LogP) is 6.37.